The normalized spacial score (nSPS) is 12.3. The van der Waals surface area contributed by atoms with E-state index in [0.29, 0.717) is 6.42 Å². The Balaban J connectivity index is 2.76. The van der Waals surface area contributed by atoms with Gasteiger partial charge in [0.15, 0.2) is 0 Å². The third-order valence-electron chi connectivity index (χ3n) is 1.68. The summed E-state index contributed by atoms with van der Waals surface area (Å²) in [5.41, 5.74) is 0. The first-order chi connectivity index (χ1) is 7.54. The highest BCUT2D eigenvalue weighted by molar-refractivity contribution is 8.00. The molecule has 0 spiro atoms. The van der Waals surface area contributed by atoms with Gasteiger partial charge < -0.3 is 10.2 Å². The molecule has 1 atom stereocenters. The predicted molar refractivity (Wildman–Crippen MR) is 53.0 cm³/mol. The fourth-order valence-electron chi connectivity index (χ4n) is 0.944. The minimum Gasteiger partial charge on any atom is -0.480 e. The topological polar surface area (TPSA) is 118 Å². The SMILES string of the molecule is CCC(Sc1nnnn1CC(=O)O)C(=O)O. The van der Waals surface area contributed by atoms with Gasteiger partial charge in [-0.25, -0.2) is 4.68 Å². The fourth-order valence-corrected chi connectivity index (χ4v) is 1.77. The number of rotatable bonds is 6. The summed E-state index contributed by atoms with van der Waals surface area (Å²) in [7, 11) is 0. The van der Waals surface area contributed by atoms with Gasteiger partial charge in [0.1, 0.15) is 11.8 Å². The number of carboxylic acid groups (broad SMARTS) is 2. The van der Waals surface area contributed by atoms with Crippen LogP contribution in [0.4, 0.5) is 0 Å². The second-order valence-corrected chi connectivity index (χ2v) is 4.04. The average Bonchev–Trinajstić information content (AvgIpc) is 2.60. The Morgan fingerprint density at radius 3 is 2.69 bits per heavy atom. The maximum Gasteiger partial charge on any atom is 0.325 e. The van der Waals surface area contributed by atoms with E-state index in [-0.39, 0.29) is 11.7 Å². The van der Waals surface area contributed by atoms with E-state index in [1.165, 1.54) is 0 Å². The number of hydrogen-bond acceptors (Lipinski definition) is 6. The Labute approximate surface area is 94.6 Å². The molecule has 8 nitrogen and oxygen atoms in total. The molecule has 2 N–H and O–H groups in total. The van der Waals surface area contributed by atoms with Crippen molar-refractivity contribution in [1.82, 2.24) is 20.2 Å². The molecule has 0 saturated carbocycles. The van der Waals surface area contributed by atoms with Crippen LogP contribution in [-0.2, 0) is 16.1 Å². The summed E-state index contributed by atoms with van der Waals surface area (Å²) in [6, 6.07) is 0. The quantitative estimate of drug-likeness (QED) is 0.657. The molecule has 1 aromatic heterocycles. The van der Waals surface area contributed by atoms with Crippen molar-refractivity contribution in [3.63, 3.8) is 0 Å². The second kappa shape index (κ2) is 5.45. The van der Waals surface area contributed by atoms with Crippen molar-refractivity contribution in [2.75, 3.05) is 0 Å². The molecular weight excluding hydrogens is 236 g/mol. The molecule has 0 aliphatic rings. The van der Waals surface area contributed by atoms with Crippen LogP contribution in [-0.4, -0.2) is 47.6 Å². The molecule has 0 bridgehead atoms. The minimum atomic E-state index is -1.09. The summed E-state index contributed by atoms with van der Waals surface area (Å²) < 4.78 is 1.05. The zero-order chi connectivity index (χ0) is 12.1. The number of tetrazole rings is 1. The third kappa shape index (κ3) is 3.19. The van der Waals surface area contributed by atoms with Crippen molar-refractivity contribution in [1.29, 1.82) is 0 Å². The van der Waals surface area contributed by atoms with Crippen LogP contribution in [0.15, 0.2) is 5.16 Å². The lowest BCUT2D eigenvalue weighted by Gasteiger charge is -2.07. The Kier molecular flexibility index (Phi) is 4.23. The van der Waals surface area contributed by atoms with Crippen molar-refractivity contribution in [3.05, 3.63) is 0 Å². The number of carboxylic acids is 2. The van der Waals surface area contributed by atoms with E-state index in [1.807, 2.05) is 0 Å². The Hall–Kier alpha value is -1.64. The molecule has 0 aliphatic carbocycles. The molecule has 88 valence electrons. The molecular formula is C7H10N4O4S. The van der Waals surface area contributed by atoms with Crippen molar-refractivity contribution in [3.8, 4) is 0 Å². The van der Waals surface area contributed by atoms with Crippen LogP contribution in [0.5, 0.6) is 0 Å². The molecule has 0 fully saturated rings. The lowest BCUT2D eigenvalue weighted by atomic mass is 10.3. The van der Waals surface area contributed by atoms with Crippen molar-refractivity contribution >= 4 is 23.7 Å². The molecule has 1 unspecified atom stereocenters. The van der Waals surface area contributed by atoms with Crippen LogP contribution in [0, 0.1) is 0 Å². The van der Waals surface area contributed by atoms with E-state index in [1.54, 1.807) is 6.92 Å². The summed E-state index contributed by atoms with van der Waals surface area (Å²) >= 11 is 0.936. The number of carbonyl (C=O) groups is 2. The van der Waals surface area contributed by atoms with E-state index < -0.39 is 17.2 Å². The van der Waals surface area contributed by atoms with Crippen LogP contribution in [0.25, 0.3) is 0 Å². The smallest absolute Gasteiger partial charge is 0.325 e. The van der Waals surface area contributed by atoms with E-state index in [0.717, 1.165) is 16.4 Å². The molecule has 9 heteroatoms. The van der Waals surface area contributed by atoms with Crippen LogP contribution >= 0.6 is 11.8 Å². The molecule has 0 radical (unpaired) electrons. The van der Waals surface area contributed by atoms with Crippen molar-refractivity contribution < 1.29 is 19.8 Å². The molecule has 16 heavy (non-hydrogen) atoms. The maximum absolute atomic E-state index is 10.8. The van der Waals surface area contributed by atoms with E-state index in [2.05, 4.69) is 15.5 Å². The Bertz CT molecular complexity index is 393. The number of thioether (sulfide) groups is 1. The van der Waals surface area contributed by atoms with Gasteiger partial charge in [0.2, 0.25) is 5.16 Å². The molecule has 0 saturated heterocycles. The first kappa shape index (κ1) is 12.4. The van der Waals surface area contributed by atoms with Gasteiger partial charge in [-0.3, -0.25) is 9.59 Å². The van der Waals surface area contributed by atoms with Gasteiger partial charge in [0.05, 0.1) is 0 Å². The minimum absolute atomic E-state index is 0.191. The maximum atomic E-state index is 10.8. The summed E-state index contributed by atoms with van der Waals surface area (Å²) in [6.07, 6.45) is 0.403. The monoisotopic (exact) mass is 246 g/mol. The van der Waals surface area contributed by atoms with Gasteiger partial charge in [-0.1, -0.05) is 18.7 Å². The van der Waals surface area contributed by atoms with E-state index in [9.17, 15) is 9.59 Å². The molecule has 0 aromatic carbocycles. The van der Waals surface area contributed by atoms with Gasteiger partial charge in [0, 0.05) is 0 Å². The Morgan fingerprint density at radius 1 is 1.50 bits per heavy atom. The summed E-state index contributed by atoms with van der Waals surface area (Å²) in [6.45, 7) is 1.34. The lowest BCUT2D eigenvalue weighted by Crippen LogP contribution is -2.17. The largest absolute Gasteiger partial charge is 0.480 e. The highest BCUT2D eigenvalue weighted by Crippen LogP contribution is 2.22. The molecule has 1 rings (SSSR count). The fraction of sp³-hybridized carbons (Fsp3) is 0.571. The first-order valence-electron chi connectivity index (χ1n) is 4.42. The second-order valence-electron chi connectivity index (χ2n) is 2.87. The molecule has 1 heterocycles. The van der Waals surface area contributed by atoms with Crippen LogP contribution in [0.3, 0.4) is 0 Å². The van der Waals surface area contributed by atoms with Crippen LogP contribution in [0.1, 0.15) is 13.3 Å². The van der Waals surface area contributed by atoms with Crippen LogP contribution in [0.2, 0.25) is 0 Å². The molecule has 1 aromatic rings. The van der Waals surface area contributed by atoms with Gasteiger partial charge in [0.25, 0.3) is 0 Å². The highest BCUT2D eigenvalue weighted by Gasteiger charge is 2.21. The third-order valence-corrected chi connectivity index (χ3v) is 3.00. The van der Waals surface area contributed by atoms with Gasteiger partial charge in [-0.2, -0.15) is 0 Å². The zero-order valence-electron chi connectivity index (χ0n) is 8.40. The Morgan fingerprint density at radius 2 is 2.19 bits per heavy atom. The lowest BCUT2D eigenvalue weighted by molar-refractivity contribution is -0.138. The number of aromatic nitrogens is 4. The standard InChI is InChI=1S/C7H10N4O4S/c1-2-4(6(14)15)16-7-8-9-10-11(7)3-5(12)13/h4H,2-3H2,1H3,(H,12,13)(H,14,15). The average molecular weight is 246 g/mol. The number of nitrogens with zero attached hydrogens (tertiary/aromatic N) is 4. The first-order valence-corrected chi connectivity index (χ1v) is 5.30. The van der Waals surface area contributed by atoms with Gasteiger partial charge in [-0.15, -0.1) is 5.10 Å². The van der Waals surface area contributed by atoms with Gasteiger partial charge in [-0.05, 0) is 16.8 Å². The molecule has 0 amide bonds. The van der Waals surface area contributed by atoms with E-state index >= 15 is 0 Å². The van der Waals surface area contributed by atoms with Crippen LogP contribution < -0.4 is 0 Å². The summed E-state index contributed by atoms with van der Waals surface area (Å²) in [5.74, 6) is -2.06. The van der Waals surface area contributed by atoms with Crippen molar-refractivity contribution in [2.45, 2.75) is 30.3 Å². The summed E-state index contributed by atoms with van der Waals surface area (Å²) in [4.78, 5) is 21.2. The number of aliphatic carboxylic acids is 2. The summed E-state index contributed by atoms with van der Waals surface area (Å²) in [5, 5.41) is 27.3. The van der Waals surface area contributed by atoms with Gasteiger partial charge >= 0.3 is 11.9 Å². The molecule has 0 aliphatic heterocycles. The highest BCUT2D eigenvalue weighted by atomic mass is 32.2. The number of hydrogen-bond donors (Lipinski definition) is 2. The van der Waals surface area contributed by atoms with E-state index in [4.69, 9.17) is 10.2 Å². The predicted octanol–water partition coefficient (Wildman–Crippen LogP) is -0.287. The zero-order valence-corrected chi connectivity index (χ0v) is 9.22. The van der Waals surface area contributed by atoms with Crippen molar-refractivity contribution in [2.24, 2.45) is 0 Å².